The summed E-state index contributed by atoms with van der Waals surface area (Å²) in [5, 5.41) is 2.38. The number of nitrogens with zero attached hydrogens (tertiary/aromatic N) is 2. The number of halogens is 3. The maximum Gasteiger partial charge on any atom is 0.421 e. The Bertz CT molecular complexity index is 1030. The van der Waals surface area contributed by atoms with E-state index < -0.39 is 17.3 Å². The second-order valence-corrected chi connectivity index (χ2v) is 6.65. The third kappa shape index (κ3) is 4.19. The fraction of sp³-hybridized carbons (Fsp3) is 0.263. The zero-order valence-corrected chi connectivity index (χ0v) is 15.9. The maximum absolute atomic E-state index is 12.9. The zero-order valence-electron chi connectivity index (χ0n) is 15.1. The minimum atomic E-state index is -4.69. The number of ether oxygens (including phenoxy) is 2. The van der Waals surface area contributed by atoms with Crippen molar-refractivity contribution in [3.8, 4) is 22.1 Å². The average molecular weight is 410 g/mol. The molecule has 148 valence electrons. The van der Waals surface area contributed by atoms with Gasteiger partial charge in [0.05, 0.1) is 26.0 Å². The van der Waals surface area contributed by atoms with Gasteiger partial charge in [0.25, 0.3) is 5.56 Å². The molecule has 0 saturated heterocycles. The molecule has 28 heavy (non-hydrogen) atoms. The number of aromatic nitrogens is 2. The molecule has 0 spiro atoms. The van der Waals surface area contributed by atoms with E-state index in [9.17, 15) is 18.0 Å². The number of benzene rings is 1. The second kappa shape index (κ2) is 8.05. The first-order valence-electron chi connectivity index (χ1n) is 8.35. The van der Waals surface area contributed by atoms with Crippen molar-refractivity contribution in [3.05, 3.63) is 63.5 Å². The number of hydrogen-bond donors (Lipinski definition) is 0. The van der Waals surface area contributed by atoms with Crippen molar-refractivity contribution in [2.45, 2.75) is 19.6 Å². The van der Waals surface area contributed by atoms with Gasteiger partial charge >= 0.3 is 6.18 Å². The van der Waals surface area contributed by atoms with E-state index in [-0.39, 0.29) is 6.54 Å². The van der Waals surface area contributed by atoms with Crippen molar-refractivity contribution < 1.29 is 22.6 Å². The highest BCUT2D eigenvalue weighted by atomic mass is 32.1. The van der Waals surface area contributed by atoms with Gasteiger partial charge in [-0.1, -0.05) is 0 Å². The fourth-order valence-electron chi connectivity index (χ4n) is 2.64. The van der Waals surface area contributed by atoms with Crippen molar-refractivity contribution in [1.82, 2.24) is 9.55 Å². The van der Waals surface area contributed by atoms with E-state index in [4.69, 9.17) is 9.47 Å². The molecule has 9 heteroatoms. The Morgan fingerprint density at radius 2 is 2.00 bits per heavy atom. The average Bonchev–Trinajstić information content (AvgIpc) is 3.11. The molecule has 0 radical (unpaired) electrons. The van der Waals surface area contributed by atoms with E-state index >= 15 is 0 Å². The van der Waals surface area contributed by atoms with Gasteiger partial charge in [0.1, 0.15) is 10.6 Å². The Balaban J connectivity index is 1.87. The monoisotopic (exact) mass is 410 g/mol. The van der Waals surface area contributed by atoms with Gasteiger partial charge in [-0.15, -0.1) is 11.3 Å². The van der Waals surface area contributed by atoms with E-state index in [0.717, 1.165) is 16.2 Å². The van der Waals surface area contributed by atoms with Crippen LogP contribution in [0.1, 0.15) is 18.2 Å². The van der Waals surface area contributed by atoms with Gasteiger partial charge in [-0.2, -0.15) is 13.2 Å². The molecule has 0 fully saturated rings. The molecule has 0 amide bonds. The molecule has 1 aromatic carbocycles. The van der Waals surface area contributed by atoms with Gasteiger partial charge in [-0.3, -0.25) is 4.79 Å². The molecule has 0 saturated carbocycles. The van der Waals surface area contributed by atoms with Crippen LogP contribution in [0.4, 0.5) is 13.2 Å². The molecule has 0 aliphatic heterocycles. The number of rotatable bonds is 6. The largest absolute Gasteiger partial charge is 0.493 e. The minimum Gasteiger partial charge on any atom is -0.493 e. The van der Waals surface area contributed by atoms with Crippen LogP contribution in [0.15, 0.2) is 46.7 Å². The van der Waals surface area contributed by atoms with E-state index in [0.29, 0.717) is 28.8 Å². The summed E-state index contributed by atoms with van der Waals surface area (Å²) in [5.74, 6) is 1.17. The van der Waals surface area contributed by atoms with Crippen LogP contribution in [-0.4, -0.2) is 23.3 Å². The molecule has 5 nitrogen and oxygen atoms in total. The SMILES string of the molecule is CCOc1ccc(-c2nc(Cn3cccc(C(F)(F)F)c3=O)cs2)cc1OC. The number of pyridine rings is 1. The first-order valence-corrected chi connectivity index (χ1v) is 9.23. The van der Waals surface area contributed by atoms with E-state index in [1.165, 1.54) is 30.7 Å². The molecule has 2 aromatic heterocycles. The van der Waals surface area contributed by atoms with Crippen molar-refractivity contribution in [2.24, 2.45) is 0 Å². The molecular weight excluding hydrogens is 393 g/mol. The molecule has 2 heterocycles. The summed E-state index contributed by atoms with van der Waals surface area (Å²) < 4.78 is 50.5. The molecule has 0 bridgehead atoms. The minimum absolute atomic E-state index is 0.0482. The Morgan fingerprint density at radius 3 is 2.68 bits per heavy atom. The summed E-state index contributed by atoms with van der Waals surface area (Å²) in [6.45, 7) is 2.33. The second-order valence-electron chi connectivity index (χ2n) is 5.80. The highest BCUT2D eigenvalue weighted by molar-refractivity contribution is 7.13. The Hall–Kier alpha value is -2.81. The van der Waals surface area contributed by atoms with Gasteiger partial charge in [0, 0.05) is 17.1 Å². The summed E-state index contributed by atoms with van der Waals surface area (Å²) in [4.78, 5) is 16.5. The van der Waals surface area contributed by atoms with Crippen LogP contribution in [0, 0.1) is 0 Å². The number of alkyl halides is 3. The molecule has 0 atom stereocenters. The van der Waals surface area contributed by atoms with E-state index in [2.05, 4.69) is 4.98 Å². The standard InChI is InChI=1S/C19H17F3N2O3S/c1-3-27-15-7-6-12(9-16(15)26-2)17-23-13(11-28-17)10-24-8-4-5-14(18(24)25)19(20,21)22/h4-9,11H,3,10H2,1-2H3. The van der Waals surface area contributed by atoms with Crippen LogP contribution < -0.4 is 15.0 Å². The fourth-order valence-corrected chi connectivity index (χ4v) is 3.45. The molecule has 3 aromatic rings. The highest BCUT2D eigenvalue weighted by Gasteiger charge is 2.34. The van der Waals surface area contributed by atoms with Crippen molar-refractivity contribution in [2.75, 3.05) is 13.7 Å². The van der Waals surface area contributed by atoms with Crippen molar-refractivity contribution in [3.63, 3.8) is 0 Å². The third-order valence-corrected chi connectivity index (χ3v) is 4.86. The van der Waals surface area contributed by atoms with Crippen LogP contribution in [0.25, 0.3) is 10.6 Å². The lowest BCUT2D eigenvalue weighted by Gasteiger charge is -2.10. The summed E-state index contributed by atoms with van der Waals surface area (Å²) in [6, 6.07) is 7.36. The smallest absolute Gasteiger partial charge is 0.421 e. The zero-order chi connectivity index (χ0) is 20.3. The van der Waals surface area contributed by atoms with Gasteiger partial charge in [-0.25, -0.2) is 4.98 Å². The van der Waals surface area contributed by atoms with E-state index in [1.54, 1.807) is 17.5 Å². The molecule has 3 rings (SSSR count). The molecule has 0 aliphatic carbocycles. The highest BCUT2D eigenvalue weighted by Crippen LogP contribution is 2.34. The quantitative estimate of drug-likeness (QED) is 0.603. The van der Waals surface area contributed by atoms with Gasteiger partial charge in [-0.05, 0) is 37.3 Å². The van der Waals surface area contributed by atoms with E-state index in [1.807, 2.05) is 13.0 Å². The van der Waals surface area contributed by atoms with Gasteiger partial charge < -0.3 is 14.0 Å². The lowest BCUT2D eigenvalue weighted by Crippen LogP contribution is -2.28. The van der Waals surface area contributed by atoms with Crippen LogP contribution in [-0.2, 0) is 12.7 Å². The predicted molar refractivity (Wildman–Crippen MR) is 100 cm³/mol. The predicted octanol–water partition coefficient (Wildman–Crippen LogP) is 4.45. The third-order valence-electron chi connectivity index (χ3n) is 3.92. The number of methoxy groups -OCH3 is 1. The summed E-state index contributed by atoms with van der Waals surface area (Å²) >= 11 is 1.33. The lowest BCUT2D eigenvalue weighted by atomic mass is 10.2. The number of thiazole rings is 1. The number of hydrogen-bond acceptors (Lipinski definition) is 5. The first kappa shape index (κ1) is 19.9. The normalized spacial score (nSPS) is 11.5. The van der Waals surface area contributed by atoms with Crippen LogP contribution in [0.3, 0.4) is 0 Å². The summed E-state index contributed by atoms with van der Waals surface area (Å²) in [7, 11) is 1.54. The molecule has 0 aliphatic rings. The first-order chi connectivity index (χ1) is 13.3. The van der Waals surface area contributed by atoms with Gasteiger partial charge in [0.15, 0.2) is 11.5 Å². The summed E-state index contributed by atoms with van der Waals surface area (Å²) in [5.41, 5.74) is -1.00. The molecule has 0 N–H and O–H groups in total. The lowest BCUT2D eigenvalue weighted by molar-refractivity contribution is -0.138. The Morgan fingerprint density at radius 1 is 1.21 bits per heavy atom. The van der Waals surface area contributed by atoms with Crippen molar-refractivity contribution in [1.29, 1.82) is 0 Å². The van der Waals surface area contributed by atoms with Crippen LogP contribution in [0.2, 0.25) is 0 Å². The van der Waals surface area contributed by atoms with Gasteiger partial charge in [0.2, 0.25) is 0 Å². The van der Waals surface area contributed by atoms with Crippen LogP contribution >= 0.6 is 11.3 Å². The Kier molecular flexibility index (Phi) is 5.73. The van der Waals surface area contributed by atoms with Crippen LogP contribution in [0.5, 0.6) is 11.5 Å². The topological polar surface area (TPSA) is 53.4 Å². The maximum atomic E-state index is 12.9. The molecular formula is C19H17F3N2O3S. The Labute approximate surface area is 163 Å². The summed E-state index contributed by atoms with van der Waals surface area (Å²) in [6.07, 6.45) is -3.37. The van der Waals surface area contributed by atoms with Crippen molar-refractivity contribution >= 4 is 11.3 Å². The molecule has 0 unspecified atom stereocenters.